The van der Waals surface area contributed by atoms with Gasteiger partial charge in [-0.2, -0.15) is 0 Å². The fourth-order valence-electron chi connectivity index (χ4n) is 4.75. The number of benzene rings is 1. The summed E-state index contributed by atoms with van der Waals surface area (Å²) in [5, 5.41) is -0.342. The fourth-order valence-corrected chi connectivity index (χ4v) is 6.35. The number of nitrogens with one attached hydrogen (secondary N) is 1. The van der Waals surface area contributed by atoms with Gasteiger partial charge in [0.15, 0.2) is 5.75 Å². The van der Waals surface area contributed by atoms with E-state index in [1.54, 1.807) is 0 Å². The topological polar surface area (TPSA) is 80.2 Å². The van der Waals surface area contributed by atoms with Crippen molar-refractivity contribution in [3.63, 3.8) is 0 Å². The van der Waals surface area contributed by atoms with Gasteiger partial charge in [-0.15, -0.1) is 0 Å². The molecule has 0 spiro atoms. The maximum absolute atomic E-state index is 13.1. The highest BCUT2D eigenvalue weighted by Crippen LogP contribution is 2.46. The molecular formula is C23H35N3O4S. The molecule has 1 saturated carbocycles. The Labute approximate surface area is 186 Å². The van der Waals surface area contributed by atoms with Gasteiger partial charge in [0, 0.05) is 18.5 Å². The predicted molar refractivity (Wildman–Crippen MR) is 124 cm³/mol. The molecule has 1 aromatic carbocycles. The van der Waals surface area contributed by atoms with Gasteiger partial charge in [0.05, 0.1) is 37.4 Å². The maximum Gasteiger partial charge on any atom is 0.235 e. The number of rotatable bonds is 10. The lowest BCUT2D eigenvalue weighted by atomic mass is 9.98. The molecule has 3 aliphatic rings. The zero-order chi connectivity index (χ0) is 21.7. The van der Waals surface area contributed by atoms with E-state index in [1.807, 2.05) is 18.5 Å². The summed E-state index contributed by atoms with van der Waals surface area (Å²) in [7, 11) is -3.49. The molecule has 2 heterocycles. The van der Waals surface area contributed by atoms with Crippen molar-refractivity contribution < 1.29 is 17.9 Å². The second-order valence-corrected chi connectivity index (χ2v) is 10.7. The molecule has 31 heavy (non-hydrogen) atoms. The van der Waals surface area contributed by atoms with E-state index in [2.05, 4.69) is 21.5 Å². The molecule has 8 heteroatoms. The van der Waals surface area contributed by atoms with Crippen LogP contribution in [-0.4, -0.2) is 51.2 Å². The van der Waals surface area contributed by atoms with Gasteiger partial charge in [-0.1, -0.05) is 39.0 Å². The van der Waals surface area contributed by atoms with E-state index in [-0.39, 0.29) is 11.3 Å². The van der Waals surface area contributed by atoms with E-state index >= 15 is 0 Å². The first-order chi connectivity index (χ1) is 15.1. The molecule has 0 bridgehead atoms. The number of anilines is 1. The Morgan fingerprint density at radius 2 is 2.03 bits per heavy atom. The van der Waals surface area contributed by atoms with Crippen LogP contribution in [0.5, 0.6) is 11.5 Å². The maximum atomic E-state index is 13.1. The quantitative estimate of drug-likeness (QED) is 0.532. The van der Waals surface area contributed by atoms with E-state index in [1.165, 1.54) is 12.8 Å². The molecule has 1 aromatic rings. The first-order valence-electron chi connectivity index (χ1n) is 11.8. The SMILES string of the molecule is CCCCCCOc1ccc2c(c1NS(=O)(=O)C1CCCC1)OCCC2N1C=NCC1. The van der Waals surface area contributed by atoms with Crippen LogP contribution in [-0.2, 0) is 10.0 Å². The van der Waals surface area contributed by atoms with Gasteiger partial charge in [0.25, 0.3) is 0 Å². The van der Waals surface area contributed by atoms with Crippen molar-refractivity contribution in [3.8, 4) is 11.5 Å². The molecule has 0 amide bonds. The predicted octanol–water partition coefficient (Wildman–Crippen LogP) is 4.50. The van der Waals surface area contributed by atoms with Gasteiger partial charge < -0.3 is 14.4 Å². The third kappa shape index (κ3) is 5.10. The molecule has 1 atom stereocenters. The normalized spacial score (nSPS) is 21.2. The average Bonchev–Trinajstić information content (AvgIpc) is 3.49. The molecule has 0 aromatic heterocycles. The van der Waals surface area contributed by atoms with Gasteiger partial charge in [0.2, 0.25) is 10.0 Å². The van der Waals surface area contributed by atoms with Crippen LogP contribution in [0.25, 0.3) is 0 Å². The van der Waals surface area contributed by atoms with Crippen molar-refractivity contribution in [1.82, 2.24) is 4.90 Å². The minimum atomic E-state index is -3.49. The van der Waals surface area contributed by atoms with Crippen LogP contribution >= 0.6 is 0 Å². The van der Waals surface area contributed by atoms with Gasteiger partial charge in [-0.25, -0.2) is 8.42 Å². The molecule has 0 radical (unpaired) electrons. The number of nitrogens with zero attached hydrogens (tertiary/aromatic N) is 2. The minimum Gasteiger partial charge on any atom is -0.491 e. The number of fused-ring (bicyclic) bond motifs is 1. The summed E-state index contributed by atoms with van der Waals surface area (Å²) in [6.45, 7) is 4.97. The number of ether oxygens (including phenoxy) is 2. The molecule has 172 valence electrons. The van der Waals surface area contributed by atoms with Crippen LogP contribution in [0, 0.1) is 0 Å². The van der Waals surface area contributed by atoms with E-state index in [4.69, 9.17) is 9.47 Å². The lowest BCUT2D eigenvalue weighted by molar-refractivity contribution is 0.209. The van der Waals surface area contributed by atoms with Gasteiger partial charge in [-0.3, -0.25) is 9.71 Å². The highest BCUT2D eigenvalue weighted by molar-refractivity contribution is 7.93. The van der Waals surface area contributed by atoms with Crippen molar-refractivity contribution >= 4 is 22.0 Å². The molecule has 0 saturated heterocycles. The van der Waals surface area contributed by atoms with E-state index in [0.29, 0.717) is 43.2 Å². The summed E-state index contributed by atoms with van der Waals surface area (Å²) in [5.74, 6) is 1.18. The van der Waals surface area contributed by atoms with E-state index in [9.17, 15) is 8.42 Å². The Morgan fingerprint density at radius 1 is 1.19 bits per heavy atom. The Bertz CT molecular complexity index is 881. The molecule has 4 rings (SSSR count). The molecule has 1 fully saturated rings. The highest BCUT2D eigenvalue weighted by Gasteiger charge is 2.34. The van der Waals surface area contributed by atoms with Crippen molar-refractivity contribution in [2.24, 2.45) is 4.99 Å². The Morgan fingerprint density at radius 3 is 2.77 bits per heavy atom. The molecular weight excluding hydrogens is 414 g/mol. The third-order valence-electron chi connectivity index (χ3n) is 6.51. The molecule has 1 aliphatic carbocycles. The molecule has 1 N–H and O–H groups in total. The Hall–Kier alpha value is -1.96. The number of hydrogen-bond acceptors (Lipinski definition) is 6. The second-order valence-electron chi connectivity index (χ2n) is 8.73. The summed E-state index contributed by atoms with van der Waals surface area (Å²) in [6.07, 6.45) is 10.5. The lowest BCUT2D eigenvalue weighted by Gasteiger charge is -2.34. The van der Waals surface area contributed by atoms with Crippen LogP contribution in [0.2, 0.25) is 0 Å². The minimum absolute atomic E-state index is 0.142. The fraction of sp³-hybridized carbons (Fsp3) is 0.696. The van der Waals surface area contributed by atoms with Crippen molar-refractivity contribution in [2.45, 2.75) is 76.0 Å². The first-order valence-corrected chi connectivity index (χ1v) is 13.3. The summed E-state index contributed by atoms with van der Waals surface area (Å²) in [6, 6.07) is 4.07. The lowest BCUT2D eigenvalue weighted by Crippen LogP contribution is -2.31. The highest BCUT2D eigenvalue weighted by atomic mass is 32.2. The zero-order valence-electron chi connectivity index (χ0n) is 18.5. The van der Waals surface area contributed by atoms with Crippen LogP contribution < -0.4 is 14.2 Å². The van der Waals surface area contributed by atoms with Gasteiger partial charge in [-0.05, 0) is 31.4 Å². The Balaban J connectivity index is 1.62. The Kier molecular flexibility index (Phi) is 7.25. The van der Waals surface area contributed by atoms with E-state index < -0.39 is 10.0 Å². The number of hydrogen-bond donors (Lipinski definition) is 1. The van der Waals surface area contributed by atoms with Gasteiger partial charge in [0.1, 0.15) is 11.4 Å². The van der Waals surface area contributed by atoms with Gasteiger partial charge >= 0.3 is 0 Å². The standard InChI is InChI=1S/C23H35N3O4S/c1-2-3-4-7-15-29-21-11-10-19-20(26-14-13-24-17-26)12-16-30-23(19)22(21)25-31(27,28)18-8-5-6-9-18/h10-11,17-18,20,25H,2-9,12-16H2,1H3. The van der Waals surface area contributed by atoms with Crippen LogP contribution in [0.4, 0.5) is 5.69 Å². The summed E-state index contributed by atoms with van der Waals surface area (Å²) >= 11 is 0. The average molecular weight is 450 g/mol. The summed E-state index contributed by atoms with van der Waals surface area (Å²) in [5.41, 5.74) is 1.47. The molecule has 1 unspecified atom stereocenters. The summed E-state index contributed by atoms with van der Waals surface area (Å²) in [4.78, 5) is 6.58. The van der Waals surface area contributed by atoms with Crippen molar-refractivity contribution in [3.05, 3.63) is 17.7 Å². The molecule has 2 aliphatic heterocycles. The molecule has 7 nitrogen and oxygen atoms in total. The second kappa shape index (κ2) is 10.1. The van der Waals surface area contributed by atoms with Crippen molar-refractivity contribution in [1.29, 1.82) is 0 Å². The van der Waals surface area contributed by atoms with Crippen LogP contribution in [0.3, 0.4) is 0 Å². The van der Waals surface area contributed by atoms with Crippen LogP contribution in [0.1, 0.15) is 76.3 Å². The zero-order valence-corrected chi connectivity index (χ0v) is 19.3. The largest absolute Gasteiger partial charge is 0.491 e. The number of aliphatic imine (C=N–C) groups is 1. The summed E-state index contributed by atoms with van der Waals surface area (Å²) < 4.78 is 41.3. The smallest absolute Gasteiger partial charge is 0.235 e. The van der Waals surface area contributed by atoms with E-state index in [0.717, 1.165) is 50.8 Å². The van der Waals surface area contributed by atoms with Crippen molar-refractivity contribution in [2.75, 3.05) is 31.0 Å². The monoisotopic (exact) mass is 449 g/mol. The number of unbranched alkanes of at least 4 members (excludes halogenated alkanes) is 3. The third-order valence-corrected chi connectivity index (χ3v) is 8.34. The number of sulfonamides is 1. The first kappa shape index (κ1) is 22.2. The van der Waals surface area contributed by atoms with Crippen LogP contribution in [0.15, 0.2) is 17.1 Å².